The minimum atomic E-state index is -0.793. The molecule has 2 aromatic rings. The number of hydrogen-bond donors (Lipinski definition) is 4. The first-order valence-electron chi connectivity index (χ1n) is 8.63. The van der Waals surface area contributed by atoms with Crippen LogP contribution in [0.25, 0.3) is 10.9 Å². The van der Waals surface area contributed by atoms with Gasteiger partial charge in [0.25, 0.3) is 0 Å². The number of pyridine rings is 1. The number of amides is 2. The van der Waals surface area contributed by atoms with E-state index in [0.29, 0.717) is 12.2 Å². The molecule has 1 saturated carbocycles. The Kier molecular flexibility index (Phi) is 4.86. The summed E-state index contributed by atoms with van der Waals surface area (Å²) >= 11 is 0. The zero-order chi connectivity index (χ0) is 18.9. The normalized spacial score (nSPS) is 23.0. The number of aliphatic hydroxyl groups is 1. The fourth-order valence-corrected chi connectivity index (χ4v) is 3.09. The molecule has 0 radical (unpaired) electrons. The van der Waals surface area contributed by atoms with Crippen LogP contribution in [0, 0.1) is 5.92 Å². The van der Waals surface area contributed by atoms with Gasteiger partial charge >= 0.3 is 12.0 Å². The predicted molar refractivity (Wildman–Crippen MR) is 96.6 cm³/mol. The number of fused-ring (bicyclic) bond motifs is 1. The summed E-state index contributed by atoms with van der Waals surface area (Å²) in [6.07, 6.45) is 3.25. The smallest absolute Gasteiger partial charge is 0.320 e. The molecule has 8 nitrogen and oxygen atoms in total. The highest BCUT2D eigenvalue weighted by molar-refractivity contribution is 5.91. The van der Waals surface area contributed by atoms with E-state index in [1.807, 2.05) is 6.07 Å². The Bertz CT molecular complexity index is 811. The first-order valence-corrected chi connectivity index (χ1v) is 8.63. The van der Waals surface area contributed by atoms with Crippen molar-refractivity contribution in [2.24, 2.45) is 5.92 Å². The largest absolute Gasteiger partial charge is 0.460 e. The Morgan fingerprint density at radius 2 is 2.12 bits per heavy atom. The minimum Gasteiger partial charge on any atom is -0.460 e. The number of nitrogens with one attached hydrogen (secondary N) is 3. The number of esters is 1. The van der Waals surface area contributed by atoms with Gasteiger partial charge < -0.3 is 20.1 Å². The van der Waals surface area contributed by atoms with E-state index < -0.39 is 29.7 Å². The average Bonchev–Trinajstić information content (AvgIpc) is 3.12. The molecule has 2 heterocycles. The number of aliphatic hydroxyl groups excluding tert-OH is 1. The molecular weight excluding hydrogens is 336 g/mol. The molecule has 140 valence electrons. The van der Waals surface area contributed by atoms with Crippen LogP contribution in [0.2, 0.25) is 0 Å². The number of hydrogen-bond acceptors (Lipinski definition) is 5. The van der Waals surface area contributed by atoms with Gasteiger partial charge in [-0.05, 0) is 45.7 Å². The van der Waals surface area contributed by atoms with E-state index in [1.54, 1.807) is 39.2 Å². The number of carbonyl (C=O) groups excluding carboxylic acids is 2. The van der Waals surface area contributed by atoms with E-state index in [0.717, 1.165) is 10.9 Å². The number of carbonyl (C=O) groups is 2. The Hall–Kier alpha value is -2.61. The maximum absolute atomic E-state index is 12.2. The second kappa shape index (κ2) is 6.95. The lowest BCUT2D eigenvalue weighted by atomic mass is 10.1. The van der Waals surface area contributed by atoms with Crippen molar-refractivity contribution in [3.05, 3.63) is 24.5 Å². The summed E-state index contributed by atoms with van der Waals surface area (Å²) in [7, 11) is 0. The van der Waals surface area contributed by atoms with Crippen molar-refractivity contribution in [2.45, 2.75) is 51.4 Å². The van der Waals surface area contributed by atoms with Gasteiger partial charge in [0.05, 0.1) is 29.8 Å². The van der Waals surface area contributed by atoms with Gasteiger partial charge in [-0.3, -0.25) is 10.1 Å². The Morgan fingerprint density at radius 3 is 2.85 bits per heavy atom. The molecule has 1 aliphatic rings. The maximum atomic E-state index is 12.2. The molecule has 2 amide bonds. The molecule has 4 N–H and O–H groups in total. The lowest BCUT2D eigenvalue weighted by molar-refractivity contribution is -0.160. The molecule has 0 saturated heterocycles. The van der Waals surface area contributed by atoms with E-state index in [9.17, 15) is 14.7 Å². The number of rotatable bonds is 3. The third kappa shape index (κ3) is 4.32. The molecule has 2 aromatic heterocycles. The summed E-state index contributed by atoms with van der Waals surface area (Å²) < 4.78 is 5.36. The van der Waals surface area contributed by atoms with Gasteiger partial charge in [-0.2, -0.15) is 0 Å². The molecule has 26 heavy (non-hydrogen) atoms. The van der Waals surface area contributed by atoms with Crippen LogP contribution in [0.4, 0.5) is 10.6 Å². The van der Waals surface area contributed by atoms with Gasteiger partial charge in [0.2, 0.25) is 0 Å². The lowest BCUT2D eigenvalue weighted by Gasteiger charge is -2.22. The van der Waals surface area contributed by atoms with E-state index in [1.165, 1.54) is 0 Å². The van der Waals surface area contributed by atoms with Crippen LogP contribution >= 0.6 is 0 Å². The van der Waals surface area contributed by atoms with Gasteiger partial charge in [-0.15, -0.1) is 0 Å². The summed E-state index contributed by atoms with van der Waals surface area (Å²) in [5.41, 5.74) is 0.301. The molecule has 3 rings (SSSR count). The molecule has 0 aromatic carbocycles. The highest BCUT2D eigenvalue weighted by Gasteiger charge is 2.39. The molecule has 0 spiro atoms. The molecule has 1 aliphatic carbocycles. The Balaban J connectivity index is 1.56. The second-order valence-corrected chi connectivity index (χ2v) is 7.61. The lowest BCUT2D eigenvalue weighted by Crippen LogP contribution is -2.42. The van der Waals surface area contributed by atoms with E-state index in [2.05, 4.69) is 20.6 Å². The number of ether oxygens (including phenoxy) is 1. The predicted octanol–water partition coefficient (Wildman–Crippen LogP) is 2.17. The summed E-state index contributed by atoms with van der Waals surface area (Å²) in [6, 6.07) is 2.65. The fraction of sp³-hybridized carbons (Fsp3) is 0.500. The van der Waals surface area contributed by atoms with E-state index in [4.69, 9.17) is 4.74 Å². The monoisotopic (exact) mass is 360 g/mol. The third-order valence-electron chi connectivity index (χ3n) is 4.26. The number of aromatic nitrogens is 2. The Labute approximate surface area is 151 Å². The Morgan fingerprint density at radius 1 is 1.35 bits per heavy atom. The van der Waals surface area contributed by atoms with Crippen LogP contribution in [-0.2, 0) is 9.53 Å². The van der Waals surface area contributed by atoms with Crippen LogP contribution in [0.5, 0.6) is 0 Å². The summed E-state index contributed by atoms with van der Waals surface area (Å²) in [5.74, 6) is -0.365. The minimum absolute atomic E-state index is 0.271. The van der Waals surface area contributed by atoms with Crippen LogP contribution in [0.3, 0.4) is 0 Å². The number of H-pyrrole nitrogens is 1. The van der Waals surface area contributed by atoms with E-state index in [-0.39, 0.29) is 12.4 Å². The van der Waals surface area contributed by atoms with Gasteiger partial charge in [-0.25, -0.2) is 9.78 Å². The summed E-state index contributed by atoms with van der Waals surface area (Å²) in [4.78, 5) is 31.5. The van der Waals surface area contributed by atoms with Crippen LogP contribution in [-0.4, -0.2) is 44.8 Å². The van der Waals surface area contributed by atoms with Gasteiger partial charge in [0, 0.05) is 11.6 Å². The molecule has 0 aliphatic heterocycles. The quantitative estimate of drug-likeness (QED) is 0.626. The van der Waals surface area contributed by atoms with Gasteiger partial charge in [-0.1, -0.05) is 0 Å². The number of anilines is 1. The van der Waals surface area contributed by atoms with Crippen molar-refractivity contribution in [3.63, 3.8) is 0 Å². The van der Waals surface area contributed by atoms with Crippen molar-refractivity contribution >= 4 is 28.7 Å². The summed E-state index contributed by atoms with van der Waals surface area (Å²) in [6.45, 7) is 5.40. The molecule has 8 heteroatoms. The molecule has 0 unspecified atom stereocenters. The van der Waals surface area contributed by atoms with Crippen molar-refractivity contribution < 1.29 is 19.4 Å². The second-order valence-electron chi connectivity index (χ2n) is 7.61. The molecular formula is C18H24N4O4. The molecule has 3 atom stereocenters. The van der Waals surface area contributed by atoms with Gasteiger partial charge in [0.1, 0.15) is 11.4 Å². The van der Waals surface area contributed by atoms with Crippen molar-refractivity contribution in [2.75, 3.05) is 5.32 Å². The number of urea groups is 1. The first kappa shape index (κ1) is 18.2. The highest BCUT2D eigenvalue weighted by Crippen LogP contribution is 2.29. The summed E-state index contributed by atoms with van der Waals surface area (Å²) in [5, 5.41) is 16.5. The zero-order valence-electron chi connectivity index (χ0n) is 15.1. The average molecular weight is 360 g/mol. The van der Waals surface area contributed by atoms with E-state index >= 15 is 0 Å². The maximum Gasteiger partial charge on any atom is 0.320 e. The van der Waals surface area contributed by atoms with Crippen molar-refractivity contribution in [3.8, 4) is 0 Å². The standard InChI is InChI=1S/C18H24N4O4/c1-18(2,3)26-16(24)11-6-12(14(23)7-11)21-17(25)22-15-8-10-4-5-19-13(10)9-20-15/h4-5,8-9,11-12,14,19,23H,6-7H2,1-3H3,(H2,20,21,22,25)/t11-,12+,14+/m0/s1. The SMILES string of the molecule is CC(C)(C)OC(=O)[C@@H]1C[C@@H](O)[C@H](NC(=O)Nc2cc3cc[nH]c3cn2)C1. The van der Waals surface area contributed by atoms with Crippen LogP contribution in [0.1, 0.15) is 33.6 Å². The number of nitrogens with zero attached hydrogens (tertiary/aromatic N) is 1. The number of aromatic amines is 1. The van der Waals surface area contributed by atoms with Crippen LogP contribution < -0.4 is 10.6 Å². The van der Waals surface area contributed by atoms with Crippen LogP contribution in [0.15, 0.2) is 24.5 Å². The molecule has 1 fully saturated rings. The first-order chi connectivity index (χ1) is 12.2. The van der Waals surface area contributed by atoms with Crippen molar-refractivity contribution in [1.82, 2.24) is 15.3 Å². The fourth-order valence-electron chi connectivity index (χ4n) is 3.09. The highest BCUT2D eigenvalue weighted by atomic mass is 16.6. The third-order valence-corrected chi connectivity index (χ3v) is 4.26. The van der Waals surface area contributed by atoms with Gasteiger partial charge in [0.15, 0.2) is 0 Å². The zero-order valence-corrected chi connectivity index (χ0v) is 15.1. The molecule has 0 bridgehead atoms. The van der Waals surface area contributed by atoms with Crippen molar-refractivity contribution in [1.29, 1.82) is 0 Å². The topological polar surface area (TPSA) is 116 Å².